The largest absolute Gasteiger partial charge is 0.386 e. The molecule has 30 heavy (non-hydrogen) atoms. The number of amidine groups is 1. The first-order valence-corrected chi connectivity index (χ1v) is 9.97. The predicted molar refractivity (Wildman–Crippen MR) is 119 cm³/mol. The summed E-state index contributed by atoms with van der Waals surface area (Å²) in [5, 5.41) is 9.90. The monoisotopic (exact) mass is 405 g/mol. The highest BCUT2D eigenvalue weighted by atomic mass is 16.2. The third kappa shape index (κ3) is 3.49. The SMILES string of the molecule is Cc1ccc(C2=NN(C(C)(C)CNC(=O)c3cccn3C)C3N=CN=C(N)C23)cc1. The van der Waals surface area contributed by atoms with Crippen molar-refractivity contribution in [2.75, 3.05) is 6.54 Å². The van der Waals surface area contributed by atoms with Crippen LogP contribution in [-0.2, 0) is 7.05 Å². The van der Waals surface area contributed by atoms with Crippen LogP contribution in [0.3, 0.4) is 0 Å². The Hall–Kier alpha value is -3.42. The van der Waals surface area contributed by atoms with Gasteiger partial charge in [0.05, 0.1) is 11.3 Å². The van der Waals surface area contributed by atoms with E-state index in [0.29, 0.717) is 18.1 Å². The van der Waals surface area contributed by atoms with Crippen LogP contribution >= 0.6 is 0 Å². The number of nitrogens with one attached hydrogen (secondary N) is 1. The summed E-state index contributed by atoms with van der Waals surface area (Å²) in [5.41, 5.74) is 9.40. The predicted octanol–water partition coefficient (Wildman–Crippen LogP) is 1.90. The number of carbonyl (C=O) groups excluding carboxylic acids is 1. The van der Waals surface area contributed by atoms with E-state index >= 15 is 0 Å². The van der Waals surface area contributed by atoms with E-state index in [-0.39, 0.29) is 18.0 Å². The number of rotatable bonds is 5. The average molecular weight is 406 g/mol. The number of benzene rings is 1. The number of hydrogen-bond donors (Lipinski definition) is 2. The number of amides is 1. The van der Waals surface area contributed by atoms with Crippen LogP contribution in [0.5, 0.6) is 0 Å². The maximum atomic E-state index is 12.6. The Labute approximate surface area is 176 Å². The molecule has 3 heterocycles. The fourth-order valence-corrected chi connectivity index (χ4v) is 3.83. The smallest absolute Gasteiger partial charge is 0.267 e. The number of aryl methyl sites for hydroxylation is 2. The van der Waals surface area contributed by atoms with Crippen LogP contribution in [0.25, 0.3) is 0 Å². The van der Waals surface area contributed by atoms with Crippen LogP contribution in [0.4, 0.5) is 0 Å². The third-order valence-electron chi connectivity index (χ3n) is 5.63. The lowest BCUT2D eigenvalue weighted by molar-refractivity contribution is 0.0737. The first-order valence-electron chi connectivity index (χ1n) is 9.97. The molecule has 0 radical (unpaired) electrons. The number of nitrogens with two attached hydrogens (primary N) is 1. The zero-order valence-electron chi connectivity index (χ0n) is 17.7. The van der Waals surface area contributed by atoms with Gasteiger partial charge in [-0.1, -0.05) is 29.8 Å². The van der Waals surface area contributed by atoms with Crippen LogP contribution < -0.4 is 11.1 Å². The van der Waals surface area contributed by atoms with E-state index < -0.39 is 5.54 Å². The molecule has 2 aliphatic heterocycles. The number of fused-ring (bicyclic) bond motifs is 1. The summed E-state index contributed by atoms with van der Waals surface area (Å²) < 4.78 is 1.80. The number of hydrogen-bond acceptors (Lipinski definition) is 6. The van der Waals surface area contributed by atoms with Crippen LogP contribution in [-0.4, -0.2) is 51.6 Å². The van der Waals surface area contributed by atoms with Crippen LogP contribution in [0.1, 0.15) is 35.5 Å². The van der Waals surface area contributed by atoms with Crippen molar-refractivity contribution in [1.82, 2.24) is 14.9 Å². The van der Waals surface area contributed by atoms with Gasteiger partial charge >= 0.3 is 0 Å². The van der Waals surface area contributed by atoms with Gasteiger partial charge in [0.1, 0.15) is 23.8 Å². The van der Waals surface area contributed by atoms with Crippen molar-refractivity contribution in [3.8, 4) is 0 Å². The maximum absolute atomic E-state index is 12.6. The van der Waals surface area contributed by atoms with Gasteiger partial charge in [0.15, 0.2) is 6.17 Å². The van der Waals surface area contributed by atoms with Crippen LogP contribution in [0.2, 0.25) is 0 Å². The Morgan fingerprint density at radius 3 is 2.63 bits per heavy atom. The molecule has 2 unspecified atom stereocenters. The summed E-state index contributed by atoms with van der Waals surface area (Å²) in [6.45, 7) is 6.52. The first-order chi connectivity index (χ1) is 14.3. The Bertz CT molecular complexity index is 1050. The standard InChI is InChI=1S/C22H27N7O/c1-14-7-9-15(10-8-14)18-17-19(23)25-13-26-20(17)29(27-18)22(2,3)12-24-21(30)16-6-5-11-28(16)4/h5-11,13,17,20H,12H2,1-4H3,(H,24,30)(H2,23,25,26). The van der Waals surface area contributed by atoms with Gasteiger partial charge < -0.3 is 15.6 Å². The van der Waals surface area contributed by atoms with Crippen molar-refractivity contribution in [1.29, 1.82) is 0 Å². The molecule has 1 amide bonds. The van der Waals surface area contributed by atoms with Gasteiger partial charge in [-0.15, -0.1) is 0 Å². The van der Waals surface area contributed by atoms with Crippen molar-refractivity contribution in [3.63, 3.8) is 0 Å². The maximum Gasteiger partial charge on any atom is 0.267 e. The molecule has 3 N–H and O–H groups in total. The van der Waals surface area contributed by atoms with E-state index in [2.05, 4.69) is 34.4 Å². The van der Waals surface area contributed by atoms with Gasteiger partial charge in [0.2, 0.25) is 0 Å². The van der Waals surface area contributed by atoms with Gasteiger partial charge in [0, 0.05) is 19.8 Å². The van der Waals surface area contributed by atoms with Gasteiger partial charge in [-0.3, -0.25) is 9.80 Å². The highest BCUT2D eigenvalue weighted by molar-refractivity contribution is 6.17. The number of aromatic nitrogens is 1. The minimum atomic E-state index is -0.495. The number of carbonyl (C=O) groups is 1. The summed E-state index contributed by atoms with van der Waals surface area (Å²) >= 11 is 0. The number of nitrogens with zero attached hydrogens (tertiary/aromatic N) is 5. The van der Waals surface area contributed by atoms with E-state index in [0.717, 1.165) is 11.3 Å². The fraction of sp³-hybridized carbons (Fsp3) is 0.364. The normalized spacial score (nSPS) is 20.6. The molecule has 0 fully saturated rings. The molecule has 8 nitrogen and oxygen atoms in total. The summed E-state index contributed by atoms with van der Waals surface area (Å²) in [7, 11) is 1.85. The Morgan fingerprint density at radius 2 is 1.97 bits per heavy atom. The zero-order chi connectivity index (χ0) is 21.5. The summed E-state index contributed by atoms with van der Waals surface area (Å²) in [5.74, 6) is 0.156. The van der Waals surface area contributed by atoms with Gasteiger partial charge in [-0.25, -0.2) is 9.98 Å². The molecule has 2 aliphatic rings. The quantitative estimate of drug-likeness (QED) is 0.794. The summed E-state index contributed by atoms with van der Waals surface area (Å²) in [4.78, 5) is 21.4. The van der Waals surface area contributed by atoms with Crippen molar-refractivity contribution >= 4 is 23.8 Å². The first kappa shape index (κ1) is 19.9. The van der Waals surface area contributed by atoms with Gasteiger partial charge in [0.25, 0.3) is 5.91 Å². The van der Waals surface area contributed by atoms with Crippen molar-refractivity contribution in [3.05, 3.63) is 59.4 Å². The molecular weight excluding hydrogens is 378 g/mol. The minimum absolute atomic E-state index is 0.123. The molecule has 4 rings (SSSR count). The van der Waals surface area contributed by atoms with E-state index in [1.807, 2.05) is 50.3 Å². The van der Waals surface area contributed by atoms with E-state index in [4.69, 9.17) is 10.8 Å². The van der Waals surface area contributed by atoms with Gasteiger partial charge in [-0.05, 0) is 38.5 Å². The van der Waals surface area contributed by atoms with Crippen LogP contribution in [0.15, 0.2) is 57.7 Å². The lowest BCUT2D eigenvalue weighted by Crippen LogP contribution is -2.54. The Kier molecular flexibility index (Phi) is 4.93. The lowest BCUT2D eigenvalue weighted by atomic mass is 9.92. The average Bonchev–Trinajstić information content (AvgIpc) is 3.32. The topological polar surface area (TPSA) is 100 Å². The minimum Gasteiger partial charge on any atom is -0.386 e. The molecule has 0 spiro atoms. The molecule has 1 aromatic carbocycles. The molecule has 1 aromatic heterocycles. The zero-order valence-corrected chi connectivity index (χ0v) is 17.7. The van der Waals surface area contributed by atoms with Gasteiger partial charge in [-0.2, -0.15) is 5.10 Å². The molecule has 0 bridgehead atoms. The highest BCUT2D eigenvalue weighted by Gasteiger charge is 2.46. The molecule has 0 saturated carbocycles. The Balaban J connectivity index is 1.60. The third-order valence-corrected chi connectivity index (χ3v) is 5.63. The highest BCUT2D eigenvalue weighted by Crippen LogP contribution is 2.34. The summed E-state index contributed by atoms with van der Waals surface area (Å²) in [6, 6.07) is 11.8. The molecular formula is C22H27N7O. The number of hydrazone groups is 1. The molecule has 2 aromatic rings. The molecule has 0 saturated heterocycles. The summed E-state index contributed by atoms with van der Waals surface area (Å²) in [6.07, 6.45) is 3.05. The molecule has 8 heteroatoms. The van der Waals surface area contributed by atoms with E-state index in [1.54, 1.807) is 10.6 Å². The van der Waals surface area contributed by atoms with E-state index in [1.165, 1.54) is 11.9 Å². The van der Waals surface area contributed by atoms with E-state index in [9.17, 15) is 4.79 Å². The van der Waals surface area contributed by atoms with Crippen molar-refractivity contribution in [2.24, 2.45) is 33.8 Å². The van der Waals surface area contributed by atoms with Crippen molar-refractivity contribution in [2.45, 2.75) is 32.5 Å². The second kappa shape index (κ2) is 7.44. The fourth-order valence-electron chi connectivity index (χ4n) is 3.83. The second-order valence-electron chi connectivity index (χ2n) is 8.41. The second-order valence-corrected chi connectivity index (χ2v) is 8.41. The molecule has 2 atom stereocenters. The van der Waals surface area contributed by atoms with Crippen molar-refractivity contribution < 1.29 is 4.79 Å². The number of aliphatic imine (C=N–C) groups is 2. The van der Waals surface area contributed by atoms with Crippen LogP contribution in [0, 0.1) is 12.8 Å². The Morgan fingerprint density at radius 1 is 1.23 bits per heavy atom. The molecule has 0 aliphatic carbocycles. The molecule has 156 valence electrons. The lowest BCUT2D eigenvalue weighted by Gasteiger charge is -2.38.